The molecule has 1 aromatic carbocycles. The Morgan fingerprint density at radius 2 is 1.81 bits per heavy atom. The summed E-state index contributed by atoms with van der Waals surface area (Å²) in [5.74, 6) is -1.97. The molecule has 10 heteroatoms. The molecule has 5 amide bonds. The second kappa shape index (κ2) is 9.24. The first-order valence-electron chi connectivity index (χ1n) is 13.0. The van der Waals surface area contributed by atoms with E-state index in [-0.39, 0.29) is 24.3 Å². The highest BCUT2D eigenvalue weighted by molar-refractivity contribution is 6.24. The summed E-state index contributed by atoms with van der Waals surface area (Å²) < 4.78 is 5.50. The van der Waals surface area contributed by atoms with E-state index < -0.39 is 35.3 Å². The van der Waals surface area contributed by atoms with E-state index in [4.69, 9.17) is 4.74 Å². The number of rotatable bonds is 4. The minimum absolute atomic E-state index is 0.0944. The number of likely N-dealkylation sites (tertiary alicyclic amines) is 1. The van der Waals surface area contributed by atoms with Crippen molar-refractivity contribution in [3.8, 4) is 0 Å². The van der Waals surface area contributed by atoms with Crippen LogP contribution in [0.25, 0.3) is 0 Å². The van der Waals surface area contributed by atoms with Crippen molar-refractivity contribution in [2.24, 2.45) is 5.41 Å². The SMILES string of the molecule is CC(C)(C)OC(=O)N1CCC2(CC1)CC(NCc1cccc3c1C(=O)N(C1CCC(=O)NC1=O)C3=O)C2. The number of hydrogen-bond acceptors (Lipinski definition) is 7. The maximum Gasteiger partial charge on any atom is 0.410 e. The molecule has 10 nitrogen and oxygen atoms in total. The van der Waals surface area contributed by atoms with Gasteiger partial charge in [-0.25, -0.2) is 4.79 Å². The quantitative estimate of drug-likeness (QED) is 0.596. The third-order valence-corrected chi connectivity index (χ3v) is 7.97. The Kier molecular flexibility index (Phi) is 6.34. The Hall–Kier alpha value is -3.27. The zero-order chi connectivity index (χ0) is 26.5. The van der Waals surface area contributed by atoms with Crippen LogP contribution in [-0.4, -0.2) is 70.3 Å². The van der Waals surface area contributed by atoms with E-state index in [1.54, 1.807) is 17.0 Å². The minimum atomic E-state index is -0.969. The van der Waals surface area contributed by atoms with Crippen LogP contribution in [0.2, 0.25) is 0 Å². The first-order valence-corrected chi connectivity index (χ1v) is 13.0. The summed E-state index contributed by atoms with van der Waals surface area (Å²) in [5, 5.41) is 5.76. The number of imide groups is 2. The fourth-order valence-corrected chi connectivity index (χ4v) is 6.01. The molecule has 0 aromatic heterocycles. The highest BCUT2D eigenvalue weighted by atomic mass is 16.6. The lowest BCUT2D eigenvalue weighted by Gasteiger charge is -2.52. The van der Waals surface area contributed by atoms with Crippen LogP contribution in [0, 0.1) is 5.41 Å². The van der Waals surface area contributed by atoms with Crippen LogP contribution >= 0.6 is 0 Å². The first kappa shape index (κ1) is 25.4. The van der Waals surface area contributed by atoms with Crippen LogP contribution in [0.3, 0.4) is 0 Å². The van der Waals surface area contributed by atoms with E-state index in [1.165, 1.54) is 0 Å². The smallest absolute Gasteiger partial charge is 0.410 e. The molecular formula is C27H34N4O6. The number of carbonyl (C=O) groups is 5. The van der Waals surface area contributed by atoms with Crippen LogP contribution in [0.15, 0.2) is 18.2 Å². The molecule has 1 spiro atoms. The fourth-order valence-electron chi connectivity index (χ4n) is 6.01. The van der Waals surface area contributed by atoms with Gasteiger partial charge in [-0.2, -0.15) is 0 Å². The number of fused-ring (bicyclic) bond motifs is 1. The molecule has 3 heterocycles. The average molecular weight is 511 g/mol. The van der Waals surface area contributed by atoms with Crippen LogP contribution < -0.4 is 10.6 Å². The number of ether oxygens (including phenoxy) is 1. The van der Waals surface area contributed by atoms with Crippen LogP contribution in [0.4, 0.5) is 4.79 Å². The lowest BCUT2D eigenvalue weighted by atomic mass is 9.60. The Balaban J connectivity index is 1.17. The zero-order valence-corrected chi connectivity index (χ0v) is 21.6. The third kappa shape index (κ3) is 4.86. The van der Waals surface area contributed by atoms with Gasteiger partial charge in [-0.15, -0.1) is 0 Å². The summed E-state index contributed by atoms with van der Waals surface area (Å²) in [6.45, 7) is 7.45. The van der Waals surface area contributed by atoms with Gasteiger partial charge >= 0.3 is 6.09 Å². The molecule has 37 heavy (non-hydrogen) atoms. The van der Waals surface area contributed by atoms with Gasteiger partial charge in [0.25, 0.3) is 11.8 Å². The highest BCUT2D eigenvalue weighted by Crippen LogP contribution is 2.49. The Morgan fingerprint density at radius 3 is 2.46 bits per heavy atom. The molecule has 2 N–H and O–H groups in total. The molecule has 3 fully saturated rings. The normalized spacial score (nSPS) is 23.7. The van der Waals surface area contributed by atoms with Crippen LogP contribution in [0.5, 0.6) is 0 Å². The van der Waals surface area contributed by atoms with Crippen molar-refractivity contribution in [1.29, 1.82) is 0 Å². The Morgan fingerprint density at radius 1 is 1.11 bits per heavy atom. The van der Waals surface area contributed by atoms with Crippen molar-refractivity contribution in [2.45, 2.75) is 83.5 Å². The number of hydrogen-bond donors (Lipinski definition) is 2. The molecule has 4 aliphatic rings. The second-order valence-electron chi connectivity index (χ2n) is 11.7. The van der Waals surface area contributed by atoms with Gasteiger partial charge in [0.2, 0.25) is 11.8 Å². The maximum atomic E-state index is 13.3. The predicted molar refractivity (Wildman–Crippen MR) is 132 cm³/mol. The van der Waals surface area contributed by atoms with Gasteiger partial charge in [-0.3, -0.25) is 29.4 Å². The van der Waals surface area contributed by atoms with Crippen molar-refractivity contribution >= 4 is 29.7 Å². The molecule has 2 saturated heterocycles. The number of nitrogens with zero attached hydrogens (tertiary/aromatic N) is 2. The van der Waals surface area contributed by atoms with Gasteiger partial charge in [0.15, 0.2) is 0 Å². The number of nitrogens with one attached hydrogen (secondary N) is 2. The van der Waals surface area contributed by atoms with E-state index >= 15 is 0 Å². The van der Waals surface area contributed by atoms with Gasteiger partial charge in [-0.05, 0) is 69.9 Å². The molecule has 3 aliphatic heterocycles. The van der Waals surface area contributed by atoms with E-state index in [2.05, 4.69) is 10.6 Å². The number of piperidine rings is 2. The second-order valence-corrected chi connectivity index (χ2v) is 11.7. The number of carbonyl (C=O) groups excluding carboxylic acids is 5. The molecule has 1 saturated carbocycles. The van der Waals surface area contributed by atoms with Gasteiger partial charge in [0.05, 0.1) is 11.1 Å². The van der Waals surface area contributed by atoms with Crippen molar-refractivity contribution in [1.82, 2.24) is 20.4 Å². The molecule has 198 valence electrons. The highest BCUT2D eigenvalue weighted by Gasteiger charge is 2.48. The summed E-state index contributed by atoms with van der Waals surface area (Å²) in [4.78, 5) is 65.3. The predicted octanol–water partition coefficient (Wildman–Crippen LogP) is 2.36. The largest absolute Gasteiger partial charge is 0.444 e. The molecule has 1 aromatic rings. The molecule has 1 aliphatic carbocycles. The summed E-state index contributed by atoms with van der Waals surface area (Å²) in [7, 11) is 0. The van der Waals surface area contributed by atoms with Gasteiger partial charge in [-0.1, -0.05) is 12.1 Å². The van der Waals surface area contributed by atoms with E-state index in [0.717, 1.165) is 36.1 Å². The first-order chi connectivity index (χ1) is 17.5. The molecular weight excluding hydrogens is 476 g/mol. The molecule has 1 unspecified atom stereocenters. The van der Waals surface area contributed by atoms with Crippen molar-refractivity contribution in [3.05, 3.63) is 34.9 Å². The van der Waals surface area contributed by atoms with Crippen LogP contribution in [-0.2, 0) is 20.9 Å². The molecule has 5 rings (SSSR count). The fraction of sp³-hybridized carbons (Fsp3) is 0.593. The van der Waals surface area contributed by atoms with Crippen LogP contribution in [0.1, 0.15) is 85.6 Å². The Labute approximate surface area is 216 Å². The third-order valence-electron chi connectivity index (χ3n) is 7.97. The average Bonchev–Trinajstić information content (AvgIpc) is 3.06. The van der Waals surface area contributed by atoms with Gasteiger partial charge < -0.3 is 15.0 Å². The van der Waals surface area contributed by atoms with E-state index in [0.29, 0.717) is 36.8 Å². The summed E-state index contributed by atoms with van der Waals surface area (Å²) in [6, 6.07) is 4.52. The monoisotopic (exact) mass is 510 g/mol. The van der Waals surface area contributed by atoms with E-state index in [1.807, 2.05) is 26.8 Å². The van der Waals surface area contributed by atoms with Gasteiger partial charge in [0, 0.05) is 32.1 Å². The molecule has 0 radical (unpaired) electrons. The van der Waals surface area contributed by atoms with Crippen molar-refractivity contribution < 1.29 is 28.7 Å². The molecule has 1 atom stereocenters. The summed E-state index contributed by atoms with van der Waals surface area (Å²) in [6.07, 6.45) is 3.87. The van der Waals surface area contributed by atoms with Crippen molar-refractivity contribution in [2.75, 3.05) is 13.1 Å². The van der Waals surface area contributed by atoms with Gasteiger partial charge in [0.1, 0.15) is 11.6 Å². The number of amides is 5. The molecule has 0 bridgehead atoms. The lowest BCUT2D eigenvalue weighted by molar-refractivity contribution is -0.136. The number of benzene rings is 1. The minimum Gasteiger partial charge on any atom is -0.444 e. The zero-order valence-electron chi connectivity index (χ0n) is 21.6. The van der Waals surface area contributed by atoms with Crippen molar-refractivity contribution in [3.63, 3.8) is 0 Å². The lowest BCUT2D eigenvalue weighted by Crippen LogP contribution is -2.54. The topological polar surface area (TPSA) is 125 Å². The Bertz CT molecular complexity index is 1160. The summed E-state index contributed by atoms with van der Waals surface area (Å²) >= 11 is 0. The standard InChI is InChI=1S/C27H34N4O6/c1-26(2,3)37-25(36)30-11-9-27(10-12-30)13-17(14-27)28-15-16-5-4-6-18-21(16)24(35)31(23(18)34)19-7-8-20(32)29-22(19)33/h4-6,17,19,28H,7-15H2,1-3H3,(H,29,32,33). The van der Waals surface area contributed by atoms with E-state index in [9.17, 15) is 24.0 Å². The summed E-state index contributed by atoms with van der Waals surface area (Å²) in [5.41, 5.74) is 1.09. The maximum absolute atomic E-state index is 13.3.